The summed E-state index contributed by atoms with van der Waals surface area (Å²) in [7, 11) is 1.58. The maximum Gasteiger partial charge on any atom is 0.241 e. The largest absolute Gasteiger partial charge is 0.383 e. The number of nitrogens with two attached hydrogens (primary N) is 1. The molecule has 136 valence electrons. The van der Waals surface area contributed by atoms with Gasteiger partial charge in [-0.05, 0) is 25.3 Å². The standard InChI is InChI=1S/C15H25N5O3.ClH/c1-23-6-5-17-14(21)10-20-9-12(8-18-20)19-15(22)13-4-2-3-11(13)7-16;/h8-9,11,13H,2-7,10,16H2,1H3,(H,17,21)(H,19,22);1H/t11-,13-;/m1./s1. The summed E-state index contributed by atoms with van der Waals surface area (Å²) in [5.41, 5.74) is 6.31. The van der Waals surface area contributed by atoms with Crippen LogP contribution in [0.5, 0.6) is 0 Å². The molecule has 0 saturated heterocycles. The fourth-order valence-corrected chi connectivity index (χ4v) is 2.91. The smallest absolute Gasteiger partial charge is 0.241 e. The van der Waals surface area contributed by atoms with Gasteiger partial charge in [0.15, 0.2) is 0 Å². The lowest BCUT2D eigenvalue weighted by molar-refractivity contribution is -0.122. The van der Waals surface area contributed by atoms with Crippen molar-refractivity contribution in [3.05, 3.63) is 12.4 Å². The zero-order valence-electron chi connectivity index (χ0n) is 13.9. The van der Waals surface area contributed by atoms with Gasteiger partial charge in [0.1, 0.15) is 6.54 Å². The van der Waals surface area contributed by atoms with E-state index in [-0.39, 0.29) is 42.6 Å². The summed E-state index contributed by atoms with van der Waals surface area (Å²) in [6, 6.07) is 0. The second kappa shape index (κ2) is 10.3. The lowest BCUT2D eigenvalue weighted by atomic mass is 9.95. The summed E-state index contributed by atoms with van der Waals surface area (Å²) in [6.45, 7) is 1.58. The number of rotatable bonds is 8. The van der Waals surface area contributed by atoms with E-state index in [4.69, 9.17) is 10.5 Å². The van der Waals surface area contributed by atoms with Crippen molar-refractivity contribution in [3.63, 3.8) is 0 Å². The van der Waals surface area contributed by atoms with Gasteiger partial charge in [-0.15, -0.1) is 12.4 Å². The Hall–Kier alpha value is -1.64. The van der Waals surface area contributed by atoms with Gasteiger partial charge in [-0.3, -0.25) is 14.3 Å². The van der Waals surface area contributed by atoms with E-state index in [2.05, 4.69) is 15.7 Å². The number of hydrogen-bond acceptors (Lipinski definition) is 5. The molecule has 1 heterocycles. The number of nitrogens with one attached hydrogen (secondary N) is 2. The number of amides is 2. The summed E-state index contributed by atoms with van der Waals surface area (Å²) in [4.78, 5) is 24.0. The van der Waals surface area contributed by atoms with Gasteiger partial charge in [0.05, 0.1) is 18.5 Å². The number of halogens is 1. The number of aromatic nitrogens is 2. The summed E-state index contributed by atoms with van der Waals surface area (Å²) >= 11 is 0. The molecular weight excluding hydrogens is 334 g/mol. The maximum absolute atomic E-state index is 12.3. The van der Waals surface area contributed by atoms with Crippen molar-refractivity contribution in [2.75, 3.05) is 32.1 Å². The third-order valence-electron chi connectivity index (χ3n) is 4.13. The molecule has 1 aromatic heterocycles. The van der Waals surface area contributed by atoms with Crippen LogP contribution in [-0.2, 0) is 20.9 Å². The summed E-state index contributed by atoms with van der Waals surface area (Å²) in [5.74, 6) is 0.0707. The zero-order valence-corrected chi connectivity index (χ0v) is 14.7. The fourth-order valence-electron chi connectivity index (χ4n) is 2.91. The maximum atomic E-state index is 12.3. The molecule has 2 atom stereocenters. The molecule has 0 radical (unpaired) electrons. The van der Waals surface area contributed by atoms with E-state index < -0.39 is 0 Å². The molecule has 24 heavy (non-hydrogen) atoms. The zero-order chi connectivity index (χ0) is 16.7. The van der Waals surface area contributed by atoms with Crippen LogP contribution in [0, 0.1) is 11.8 Å². The van der Waals surface area contributed by atoms with Gasteiger partial charge in [0.25, 0.3) is 0 Å². The minimum atomic E-state index is -0.151. The van der Waals surface area contributed by atoms with Crippen LogP contribution >= 0.6 is 12.4 Å². The number of carbonyl (C=O) groups is 2. The van der Waals surface area contributed by atoms with Crippen molar-refractivity contribution in [2.24, 2.45) is 17.6 Å². The van der Waals surface area contributed by atoms with Crippen LogP contribution < -0.4 is 16.4 Å². The molecule has 1 saturated carbocycles. The first-order chi connectivity index (χ1) is 11.1. The van der Waals surface area contributed by atoms with Crippen molar-refractivity contribution in [1.82, 2.24) is 15.1 Å². The van der Waals surface area contributed by atoms with Crippen LogP contribution in [0.25, 0.3) is 0 Å². The number of ether oxygens (including phenoxy) is 1. The van der Waals surface area contributed by atoms with E-state index in [0.29, 0.717) is 25.4 Å². The monoisotopic (exact) mass is 359 g/mol. The van der Waals surface area contributed by atoms with Crippen LogP contribution in [0.1, 0.15) is 19.3 Å². The molecule has 1 fully saturated rings. The highest BCUT2D eigenvalue weighted by atomic mass is 35.5. The van der Waals surface area contributed by atoms with Crippen LogP contribution in [0.3, 0.4) is 0 Å². The molecule has 0 spiro atoms. The third-order valence-corrected chi connectivity index (χ3v) is 4.13. The highest BCUT2D eigenvalue weighted by Gasteiger charge is 2.32. The van der Waals surface area contributed by atoms with Crippen LogP contribution in [-0.4, -0.2) is 48.4 Å². The van der Waals surface area contributed by atoms with Crippen molar-refractivity contribution >= 4 is 29.9 Å². The number of nitrogens with zero attached hydrogens (tertiary/aromatic N) is 2. The predicted molar refractivity (Wildman–Crippen MR) is 92.9 cm³/mol. The molecular formula is C15H26ClN5O3. The van der Waals surface area contributed by atoms with Crippen molar-refractivity contribution in [2.45, 2.75) is 25.8 Å². The first-order valence-corrected chi connectivity index (χ1v) is 7.93. The van der Waals surface area contributed by atoms with E-state index >= 15 is 0 Å². The van der Waals surface area contributed by atoms with E-state index in [1.54, 1.807) is 19.5 Å². The van der Waals surface area contributed by atoms with Crippen molar-refractivity contribution < 1.29 is 14.3 Å². The SMILES string of the molecule is COCCNC(=O)Cn1cc(NC(=O)[C@@H]2CCC[C@@H]2CN)cn1.Cl. The number of carbonyl (C=O) groups excluding carboxylic acids is 2. The molecule has 1 aliphatic carbocycles. The summed E-state index contributed by atoms with van der Waals surface area (Å²) in [5, 5.41) is 9.67. The Morgan fingerprint density at radius 1 is 1.46 bits per heavy atom. The second-order valence-corrected chi connectivity index (χ2v) is 5.79. The van der Waals surface area contributed by atoms with Crippen molar-refractivity contribution in [3.8, 4) is 0 Å². The third kappa shape index (κ3) is 5.77. The molecule has 9 heteroatoms. The van der Waals surface area contributed by atoms with Crippen LogP contribution in [0.15, 0.2) is 12.4 Å². The first-order valence-electron chi connectivity index (χ1n) is 7.93. The molecule has 0 bridgehead atoms. The summed E-state index contributed by atoms with van der Waals surface area (Å²) < 4.78 is 6.36. The molecule has 2 amide bonds. The van der Waals surface area contributed by atoms with E-state index in [1.807, 2.05) is 0 Å². The van der Waals surface area contributed by atoms with Gasteiger partial charge in [-0.25, -0.2) is 0 Å². The molecule has 1 aliphatic rings. The molecule has 2 rings (SSSR count). The molecule has 1 aromatic rings. The Bertz CT molecular complexity index is 537. The number of hydrogen-bond donors (Lipinski definition) is 3. The van der Waals surface area contributed by atoms with Gasteiger partial charge in [0.2, 0.25) is 11.8 Å². The Morgan fingerprint density at radius 2 is 2.25 bits per heavy atom. The number of methoxy groups -OCH3 is 1. The number of anilines is 1. The summed E-state index contributed by atoms with van der Waals surface area (Å²) in [6.07, 6.45) is 6.13. The lowest BCUT2D eigenvalue weighted by Gasteiger charge is -2.16. The second-order valence-electron chi connectivity index (χ2n) is 5.79. The minimum Gasteiger partial charge on any atom is -0.383 e. The minimum absolute atomic E-state index is 0. The topological polar surface area (TPSA) is 111 Å². The average Bonchev–Trinajstić information content (AvgIpc) is 3.16. The molecule has 0 unspecified atom stereocenters. The fraction of sp³-hybridized carbons (Fsp3) is 0.667. The van der Waals surface area contributed by atoms with Gasteiger partial charge in [0, 0.05) is 25.8 Å². The average molecular weight is 360 g/mol. The lowest BCUT2D eigenvalue weighted by Crippen LogP contribution is -2.30. The van der Waals surface area contributed by atoms with E-state index in [0.717, 1.165) is 19.3 Å². The Morgan fingerprint density at radius 3 is 2.96 bits per heavy atom. The van der Waals surface area contributed by atoms with Gasteiger partial charge >= 0.3 is 0 Å². The Balaban J connectivity index is 0.00000288. The van der Waals surface area contributed by atoms with Gasteiger partial charge in [-0.1, -0.05) is 6.42 Å². The molecule has 0 aliphatic heterocycles. The van der Waals surface area contributed by atoms with Crippen LogP contribution in [0.4, 0.5) is 5.69 Å². The highest BCUT2D eigenvalue weighted by Crippen LogP contribution is 2.31. The molecule has 8 nitrogen and oxygen atoms in total. The Kier molecular flexibility index (Phi) is 8.73. The van der Waals surface area contributed by atoms with Crippen LogP contribution in [0.2, 0.25) is 0 Å². The quantitative estimate of drug-likeness (QED) is 0.581. The van der Waals surface area contributed by atoms with Crippen molar-refractivity contribution in [1.29, 1.82) is 0 Å². The first kappa shape index (κ1) is 20.4. The van der Waals surface area contributed by atoms with E-state index in [1.165, 1.54) is 4.68 Å². The normalized spacial score (nSPS) is 19.6. The highest BCUT2D eigenvalue weighted by molar-refractivity contribution is 5.92. The Labute approximate surface area is 147 Å². The molecule has 4 N–H and O–H groups in total. The van der Waals surface area contributed by atoms with E-state index in [9.17, 15) is 9.59 Å². The van der Waals surface area contributed by atoms with Gasteiger partial charge in [-0.2, -0.15) is 5.10 Å². The predicted octanol–water partition coefficient (Wildman–Crippen LogP) is 0.381. The molecule has 0 aromatic carbocycles. The van der Waals surface area contributed by atoms with Gasteiger partial charge < -0.3 is 21.1 Å².